The number of hydrogen-bond donors (Lipinski definition) is 0. The van der Waals surface area contributed by atoms with E-state index in [1.807, 2.05) is 50.2 Å². The van der Waals surface area contributed by atoms with E-state index in [2.05, 4.69) is 0 Å². The summed E-state index contributed by atoms with van der Waals surface area (Å²) >= 11 is 0. The molecule has 136 valence electrons. The van der Waals surface area contributed by atoms with Gasteiger partial charge in [-0.1, -0.05) is 44.2 Å². The van der Waals surface area contributed by atoms with Crippen molar-refractivity contribution >= 4 is 11.7 Å². The molecule has 2 atom stereocenters. The number of ether oxygens (including phenoxy) is 1. The summed E-state index contributed by atoms with van der Waals surface area (Å²) in [5, 5.41) is 9.55. The highest BCUT2D eigenvalue weighted by Crippen LogP contribution is 2.53. The second-order valence-electron chi connectivity index (χ2n) is 7.58. The van der Waals surface area contributed by atoms with Crippen molar-refractivity contribution in [3.8, 4) is 6.07 Å². The quantitative estimate of drug-likeness (QED) is 0.835. The fourth-order valence-corrected chi connectivity index (χ4v) is 4.54. The van der Waals surface area contributed by atoms with Gasteiger partial charge < -0.3 is 9.64 Å². The molecular formula is C21H24N2O3. The lowest BCUT2D eigenvalue weighted by molar-refractivity contribution is -0.149. The first-order valence-electron chi connectivity index (χ1n) is 8.91. The van der Waals surface area contributed by atoms with Gasteiger partial charge in [0.2, 0.25) is 5.91 Å². The molecule has 1 aromatic rings. The third kappa shape index (κ3) is 2.57. The Morgan fingerprint density at radius 2 is 1.96 bits per heavy atom. The minimum Gasteiger partial charge on any atom is -0.383 e. The van der Waals surface area contributed by atoms with Gasteiger partial charge in [-0.05, 0) is 24.0 Å². The van der Waals surface area contributed by atoms with Crippen LogP contribution in [0, 0.1) is 22.7 Å². The summed E-state index contributed by atoms with van der Waals surface area (Å²) in [4.78, 5) is 28.3. The number of benzene rings is 1. The minimum atomic E-state index is -0.990. The van der Waals surface area contributed by atoms with Crippen LogP contribution in [0.15, 0.2) is 42.0 Å². The van der Waals surface area contributed by atoms with Gasteiger partial charge in [0, 0.05) is 25.6 Å². The van der Waals surface area contributed by atoms with Gasteiger partial charge in [-0.2, -0.15) is 5.26 Å². The number of carbonyl (C=O) groups excluding carboxylic acids is 2. The average molecular weight is 352 g/mol. The van der Waals surface area contributed by atoms with Gasteiger partial charge >= 0.3 is 0 Å². The maximum atomic E-state index is 13.6. The second kappa shape index (κ2) is 6.69. The number of methoxy groups -OCH3 is 1. The van der Waals surface area contributed by atoms with Gasteiger partial charge in [-0.25, -0.2) is 0 Å². The van der Waals surface area contributed by atoms with Gasteiger partial charge in [-0.3, -0.25) is 9.59 Å². The van der Waals surface area contributed by atoms with Crippen molar-refractivity contribution in [3.63, 3.8) is 0 Å². The van der Waals surface area contributed by atoms with Crippen molar-refractivity contribution in [2.45, 2.75) is 25.7 Å². The van der Waals surface area contributed by atoms with Crippen LogP contribution in [0.1, 0.15) is 25.8 Å². The summed E-state index contributed by atoms with van der Waals surface area (Å²) < 4.78 is 5.15. The lowest BCUT2D eigenvalue weighted by Gasteiger charge is -2.53. The zero-order valence-electron chi connectivity index (χ0n) is 15.5. The molecule has 5 nitrogen and oxygen atoms in total. The first kappa shape index (κ1) is 18.3. The van der Waals surface area contributed by atoms with Crippen LogP contribution < -0.4 is 0 Å². The summed E-state index contributed by atoms with van der Waals surface area (Å²) in [6.45, 7) is 5.27. The van der Waals surface area contributed by atoms with Crippen molar-refractivity contribution in [1.29, 1.82) is 5.26 Å². The third-order valence-corrected chi connectivity index (χ3v) is 5.89. The first-order valence-corrected chi connectivity index (χ1v) is 8.91. The second-order valence-corrected chi connectivity index (χ2v) is 7.58. The van der Waals surface area contributed by atoms with E-state index in [-0.39, 0.29) is 23.2 Å². The Morgan fingerprint density at radius 1 is 1.27 bits per heavy atom. The van der Waals surface area contributed by atoms with Crippen LogP contribution in [0.4, 0.5) is 0 Å². The van der Waals surface area contributed by atoms with Crippen LogP contribution in [-0.4, -0.2) is 43.4 Å². The van der Waals surface area contributed by atoms with Crippen molar-refractivity contribution in [1.82, 2.24) is 4.90 Å². The Morgan fingerprint density at radius 3 is 2.58 bits per heavy atom. The van der Waals surface area contributed by atoms with E-state index < -0.39 is 10.8 Å². The lowest BCUT2D eigenvalue weighted by Crippen LogP contribution is -2.62. The van der Waals surface area contributed by atoms with Crippen LogP contribution in [0.3, 0.4) is 0 Å². The molecule has 1 aliphatic carbocycles. The summed E-state index contributed by atoms with van der Waals surface area (Å²) in [7, 11) is 1.61. The Labute approximate surface area is 154 Å². The fraction of sp³-hybridized carbons (Fsp3) is 0.476. The van der Waals surface area contributed by atoms with Crippen LogP contribution in [0.5, 0.6) is 0 Å². The van der Waals surface area contributed by atoms with Gasteiger partial charge in [0.05, 0.1) is 17.6 Å². The molecule has 0 unspecified atom stereocenters. The Balaban J connectivity index is 2.23. The van der Waals surface area contributed by atoms with Gasteiger partial charge in [0.15, 0.2) is 5.78 Å². The number of fused-ring (bicyclic) bond motifs is 1. The molecule has 1 heterocycles. The molecule has 0 spiro atoms. The van der Waals surface area contributed by atoms with E-state index in [9.17, 15) is 14.9 Å². The number of ketones is 1. The number of rotatable bonds is 4. The predicted molar refractivity (Wildman–Crippen MR) is 97.2 cm³/mol. The first-order chi connectivity index (χ1) is 12.4. The number of piperidine rings is 1. The van der Waals surface area contributed by atoms with Gasteiger partial charge in [0.25, 0.3) is 0 Å². The van der Waals surface area contributed by atoms with Crippen molar-refractivity contribution < 1.29 is 14.3 Å². The number of Topliss-reactive ketones (excluding diaryl/α,β-unsaturated/α-hetero) is 1. The molecule has 1 aliphatic heterocycles. The molecule has 1 saturated heterocycles. The molecule has 2 aliphatic rings. The monoisotopic (exact) mass is 352 g/mol. The summed E-state index contributed by atoms with van der Waals surface area (Å²) in [5.74, 6) is -0.409. The van der Waals surface area contributed by atoms with Gasteiger partial charge in [-0.15, -0.1) is 0 Å². The number of hydrogen-bond acceptors (Lipinski definition) is 4. The SMILES string of the molecule is COCCN1CC[C@H]2C(C)(C)C(=O)C(C#N)=C[C@@]2(c2ccccc2)C1=O. The van der Waals surface area contributed by atoms with E-state index in [0.717, 1.165) is 5.56 Å². The van der Waals surface area contributed by atoms with Crippen LogP contribution >= 0.6 is 0 Å². The number of carbonyl (C=O) groups is 2. The van der Waals surface area contributed by atoms with Gasteiger partial charge in [0.1, 0.15) is 6.07 Å². The van der Waals surface area contributed by atoms with Crippen LogP contribution in [-0.2, 0) is 19.7 Å². The van der Waals surface area contributed by atoms with E-state index in [1.54, 1.807) is 18.1 Å². The predicted octanol–water partition coefficient (Wildman–Crippen LogP) is 2.48. The third-order valence-electron chi connectivity index (χ3n) is 5.89. The van der Waals surface area contributed by atoms with Crippen LogP contribution in [0.25, 0.3) is 0 Å². The zero-order valence-corrected chi connectivity index (χ0v) is 15.5. The molecule has 0 bridgehead atoms. The van der Waals surface area contributed by atoms with E-state index in [1.165, 1.54) is 0 Å². The fourth-order valence-electron chi connectivity index (χ4n) is 4.54. The topological polar surface area (TPSA) is 70.4 Å². The Hall–Kier alpha value is -2.45. The number of likely N-dealkylation sites (tertiary alicyclic amines) is 1. The average Bonchev–Trinajstić information content (AvgIpc) is 2.65. The standard InChI is InChI=1S/C21H24N2O3/c1-20(2)17-9-10-23(11-12-26-3)19(25)21(17,13-15(14-22)18(20)24)16-7-5-4-6-8-16/h4-8,13,17H,9-12H2,1-3H3/t17-,21-/m0/s1. The molecule has 26 heavy (non-hydrogen) atoms. The summed E-state index contributed by atoms with van der Waals surface area (Å²) in [6.07, 6.45) is 2.33. The molecular weight excluding hydrogens is 328 g/mol. The summed E-state index contributed by atoms with van der Waals surface area (Å²) in [5.41, 5.74) is -0.850. The molecule has 0 saturated carbocycles. The Bertz CT molecular complexity index is 791. The van der Waals surface area contributed by atoms with Crippen molar-refractivity contribution in [2.75, 3.05) is 26.8 Å². The highest BCUT2D eigenvalue weighted by molar-refractivity contribution is 6.08. The molecule has 0 radical (unpaired) electrons. The van der Waals surface area contributed by atoms with Crippen molar-refractivity contribution in [2.24, 2.45) is 11.3 Å². The molecule has 1 amide bonds. The molecule has 0 N–H and O–H groups in total. The minimum absolute atomic E-state index is 0.0506. The van der Waals surface area contributed by atoms with E-state index >= 15 is 0 Å². The molecule has 5 heteroatoms. The van der Waals surface area contributed by atoms with Crippen molar-refractivity contribution in [3.05, 3.63) is 47.5 Å². The normalized spacial score (nSPS) is 27.5. The number of allylic oxidation sites excluding steroid dienone is 1. The maximum Gasteiger partial charge on any atom is 0.237 e. The summed E-state index contributed by atoms with van der Waals surface area (Å²) in [6, 6.07) is 11.6. The molecule has 0 aromatic heterocycles. The number of nitrogens with zero attached hydrogens (tertiary/aromatic N) is 2. The van der Waals surface area contributed by atoms with E-state index in [0.29, 0.717) is 26.1 Å². The number of nitriles is 1. The molecule has 1 fully saturated rings. The zero-order chi connectivity index (χ0) is 18.9. The smallest absolute Gasteiger partial charge is 0.237 e. The highest BCUT2D eigenvalue weighted by Gasteiger charge is 2.60. The lowest BCUT2D eigenvalue weighted by atomic mass is 9.52. The van der Waals surface area contributed by atoms with E-state index in [4.69, 9.17) is 4.74 Å². The van der Waals surface area contributed by atoms with Crippen LogP contribution in [0.2, 0.25) is 0 Å². The largest absolute Gasteiger partial charge is 0.383 e. The Kier molecular flexibility index (Phi) is 4.72. The molecule has 1 aromatic carbocycles. The molecule has 3 rings (SSSR count). The maximum absolute atomic E-state index is 13.6. The highest BCUT2D eigenvalue weighted by atomic mass is 16.5. The number of amides is 1.